The van der Waals surface area contributed by atoms with Gasteiger partial charge in [-0.1, -0.05) is 34.1 Å². The monoisotopic (exact) mass is 563 g/mol. The van der Waals surface area contributed by atoms with Crippen LogP contribution < -0.4 is 14.2 Å². The number of aliphatic hydroxyl groups is 1. The van der Waals surface area contributed by atoms with E-state index in [0.717, 1.165) is 37.8 Å². The molecule has 0 radical (unpaired) electrons. The maximum atomic E-state index is 12.9. The topological polar surface area (TPSA) is 76.9 Å². The number of para-hydroxylation sites is 1. The van der Waals surface area contributed by atoms with Crippen molar-refractivity contribution >= 4 is 26.8 Å². The van der Waals surface area contributed by atoms with Gasteiger partial charge in [0.2, 0.25) is 12.7 Å². The summed E-state index contributed by atoms with van der Waals surface area (Å²) in [6.45, 7) is 2.69. The number of ether oxygens (including phenoxy) is 3. The number of fused-ring (bicyclic) bond motifs is 2. The third-order valence-corrected chi connectivity index (χ3v) is 7.40. The highest BCUT2D eigenvalue weighted by Crippen LogP contribution is 2.52. The van der Waals surface area contributed by atoms with Gasteiger partial charge in [0.25, 0.3) is 0 Å². The molecule has 5 rings (SSSR count). The Kier molecular flexibility index (Phi) is 7.07. The predicted molar refractivity (Wildman–Crippen MR) is 146 cm³/mol. The molecular weight excluding hydrogens is 534 g/mol. The van der Waals surface area contributed by atoms with E-state index < -0.39 is 11.5 Å². The number of benzene rings is 2. The predicted octanol–water partition coefficient (Wildman–Crippen LogP) is 5.41. The van der Waals surface area contributed by atoms with E-state index in [1.165, 1.54) is 0 Å². The van der Waals surface area contributed by atoms with Crippen molar-refractivity contribution < 1.29 is 19.3 Å². The second-order valence-corrected chi connectivity index (χ2v) is 10.5. The molecule has 0 saturated carbocycles. The Labute approximate surface area is 225 Å². The summed E-state index contributed by atoms with van der Waals surface area (Å²) in [5.74, 6) is 1.11. The van der Waals surface area contributed by atoms with E-state index in [0.29, 0.717) is 30.3 Å². The van der Waals surface area contributed by atoms with E-state index in [2.05, 4.69) is 31.9 Å². The fourth-order valence-electron chi connectivity index (χ4n) is 5.15. The quantitative estimate of drug-likeness (QED) is 0.307. The molecule has 37 heavy (non-hydrogen) atoms. The Hall–Kier alpha value is -3.20. The molecule has 0 amide bonds. The first-order valence-corrected chi connectivity index (χ1v) is 12.9. The third-order valence-electron chi connectivity index (χ3n) is 6.90. The molecule has 2 aromatic carbocycles. The second kappa shape index (κ2) is 10.3. The van der Waals surface area contributed by atoms with Gasteiger partial charge in [0.15, 0.2) is 11.5 Å². The molecule has 1 N–H and O–H groups in total. The Bertz CT molecular complexity index is 1440. The van der Waals surface area contributed by atoms with Crippen molar-refractivity contribution in [1.82, 2.24) is 14.9 Å². The average molecular weight is 564 g/mol. The van der Waals surface area contributed by atoms with Gasteiger partial charge in [-0.25, -0.2) is 4.98 Å². The highest BCUT2D eigenvalue weighted by molar-refractivity contribution is 9.10. The highest BCUT2D eigenvalue weighted by Gasteiger charge is 2.45. The standard InChI is InChI=1S/C29H30BrN3O4/c1-18-23(8-6-13-31-18)29(34,12-14-33(2)3)26(21-7-5-9-25-27(21)37-17-36-25)22-16-19-15-20(30)10-11-24(19)32-28(22)35-4/h5-11,13,15-16,26,34H,12,14,17H2,1-4H3. The molecule has 0 saturated heterocycles. The lowest BCUT2D eigenvalue weighted by atomic mass is 9.71. The maximum Gasteiger partial charge on any atom is 0.231 e. The molecule has 2 aromatic heterocycles. The number of nitrogens with zero attached hydrogens (tertiary/aromatic N) is 3. The van der Waals surface area contributed by atoms with Gasteiger partial charge in [-0.3, -0.25) is 4.98 Å². The van der Waals surface area contributed by atoms with Crippen LogP contribution in [0.25, 0.3) is 10.9 Å². The summed E-state index contributed by atoms with van der Waals surface area (Å²) in [7, 11) is 5.60. The average Bonchev–Trinajstić information content (AvgIpc) is 3.37. The van der Waals surface area contributed by atoms with Gasteiger partial charge in [0.1, 0.15) is 5.60 Å². The van der Waals surface area contributed by atoms with E-state index >= 15 is 0 Å². The van der Waals surface area contributed by atoms with Gasteiger partial charge in [-0.15, -0.1) is 0 Å². The Morgan fingerprint density at radius 1 is 1.11 bits per heavy atom. The fraction of sp³-hybridized carbons (Fsp3) is 0.310. The van der Waals surface area contributed by atoms with Crippen LogP contribution in [0.2, 0.25) is 0 Å². The molecule has 4 aromatic rings. The normalized spacial score (nSPS) is 15.1. The van der Waals surface area contributed by atoms with Crippen LogP contribution in [0.4, 0.5) is 0 Å². The number of aromatic nitrogens is 2. The number of pyridine rings is 2. The van der Waals surface area contributed by atoms with E-state index in [9.17, 15) is 5.11 Å². The summed E-state index contributed by atoms with van der Waals surface area (Å²) < 4.78 is 18.5. The van der Waals surface area contributed by atoms with Crippen molar-refractivity contribution in [3.8, 4) is 17.4 Å². The van der Waals surface area contributed by atoms with Crippen LogP contribution in [-0.2, 0) is 5.60 Å². The molecule has 8 heteroatoms. The highest BCUT2D eigenvalue weighted by atomic mass is 79.9. The molecule has 2 unspecified atom stereocenters. The van der Waals surface area contributed by atoms with Crippen molar-refractivity contribution in [2.24, 2.45) is 0 Å². The minimum atomic E-state index is -1.38. The minimum absolute atomic E-state index is 0.126. The van der Waals surface area contributed by atoms with Gasteiger partial charge >= 0.3 is 0 Å². The molecule has 192 valence electrons. The van der Waals surface area contributed by atoms with E-state index in [4.69, 9.17) is 19.2 Å². The number of hydrogen-bond donors (Lipinski definition) is 1. The molecule has 1 aliphatic rings. The largest absolute Gasteiger partial charge is 0.481 e. The first-order valence-electron chi connectivity index (χ1n) is 12.1. The van der Waals surface area contributed by atoms with Crippen LogP contribution in [0.5, 0.6) is 17.4 Å². The molecule has 3 heterocycles. The molecular formula is C29H30BrN3O4. The summed E-state index contributed by atoms with van der Waals surface area (Å²) in [4.78, 5) is 11.4. The van der Waals surface area contributed by atoms with Crippen molar-refractivity contribution in [1.29, 1.82) is 0 Å². The number of hydrogen-bond acceptors (Lipinski definition) is 7. The number of methoxy groups -OCH3 is 1. The van der Waals surface area contributed by atoms with Gasteiger partial charge in [-0.2, -0.15) is 0 Å². The smallest absolute Gasteiger partial charge is 0.231 e. The van der Waals surface area contributed by atoms with Crippen molar-refractivity contribution in [2.45, 2.75) is 24.9 Å². The maximum absolute atomic E-state index is 12.9. The number of halogens is 1. The minimum Gasteiger partial charge on any atom is -0.481 e. The first-order chi connectivity index (χ1) is 17.8. The van der Waals surface area contributed by atoms with Gasteiger partial charge in [0.05, 0.1) is 18.5 Å². The molecule has 0 aliphatic carbocycles. The van der Waals surface area contributed by atoms with Crippen LogP contribution in [0.1, 0.15) is 34.7 Å². The molecule has 2 atom stereocenters. The van der Waals surface area contributed by atoms with Crippen LogP contribution >= 0.6 is 15.9 Å². The second-order valence-electron chi connectivity index (χ2n) is 9.55. The summed E-state index contributed by atoms with van der Waals surface area (Å²) in [6, 6.07) is 17.6. The van der Waals surface area contributed by atoms with Crippen LogP contribution in [0.15, 0.2) is 65.3 Å². The van der Waals surface area contributed by atoms with E-state index in [1.54, 1.807) is 13.3 Å². The Morgan fingerprint density at radius 3 is 2.70 bits per heavy atom. The van der Waals surface area contributed by atoms with E-state index in [1.807, 2.05) is 69.6 Å². The van der Waals surface area contributed by atoms with Crippen molar-refractivity contribution in [3.63, 3.8) is 0 Å². The van der Waals surface area contributed by atoms with E-state index in [-0.39, 0.29) is 6.79 Å². The fourth-order valence-corrected chi connectivity index (χ4v) is 5.53. The summed E-state index contributed by atoms with van der Waals surface area (Å²) in [5, 5.41) is 13.8. The molecule has 0 spiro atoms. The Morgan fingerprint density at radius 2 is 1.95 bits per heavy atom. The summed E-state index contributed by atoms with van der Waals surface area (Å²) in [6.07, 6.45) is 2.18. The zero-order valence-corrected chi connectivity index (χ0v) is 22.9. The lowest BCUT2D eigenvalue weighted by Gasteiger charge is -2.39. The molecule has 0 fully saturated rings. The van der Waals surface area contributed by atoms with Crippen LogP contribution in [0, 0.1) is 6.92 Å². The van der Waals surface area contributed by atoms with Gasteiger partial charge in [-0.05, 0) is 63.8 Å². The lowest BCUT2D eigenvalue weighted by Crippen LogP contribution is -2.38. The number of rotatable bonds is 8. The van der Waals surface area contributed by atoms with Crippen molar-refractivity contribution in [3.05, 3.63) is 87.7 Å². The van der Waals surface area contributed by atoms with Crippen LogP contribution in [0.3, 0.4) is 0 Å². The van der Waals surface area contributed by atoms with Gasteiger partial charge < -0.3 is 24.2 Å². The van der Waals surface area contributed by atoms with Crippen LogP contribution in [-0.4, -0.2) is 54.5 Å². The van der Waals surface area contributed by atoms with Gasteiger partial charge in [0, 0.05) is 45.0 Å². The van der Waals surface area contributed by atoms with Crippen molar-refractivity contribution in [2.75, 3.05) is 34.5 Å². The molecule has 7 nitrogen and oxygen atoms in total. The lowest BCUT2D eigenvalue weighted by molar-refractivity contribution is 0.00221. The zero-order valence-electron chi connectivity index (χ0n) is 21.4. The SMILES string of the molecule is COc1nc2ccc(Br)cc2cc1C(c1cccc2c1OCO2)C(O)(CCN(C)C)c1cccnc1C. The third kappa shape index (κ3) is 4.77. The Balaban J connectivity index is 1.84. The zero-order chi connectivity index (χ0) is 26.2. The number of aryl methyl sites for hydroxylation is 1. The molecule has 0 bridgehead atoms. The summed E-state index contributed by atoms with van der Waals surface area (Å²) in [5.41, 5.74) is 2.48. The first kappa shape index (κ1) is 25.4. The molecule has 1 aliphatic heterocycles. The summed E-state index contributed by atoms with van der Waals surface area (Å²) >= 11 is 3.58.